The fourth-order valence-corrected chi connectivity index (χ4v) is 2.58. The third kappa shape index (κ3) is 2.25. The Morgan fingerprint density at radius 1 is 1.43 bits per heavy atom. The van der Waals surface area contributed by atoms with E-state index in [9.17, 15) is 4.79 Å². The van der Waals surface area contributed by atoms with Crippen molar-refractivity contribution in [2.24, 2.45) is 0 Å². The normalized spacial score (nSPS) is 35.6. The maximum absolute atomic E-state index is 11.3. The topological polar surface area (TPSA) is 50.4 Å². The van der Waals surface area contributed by atoms with Crippen LogP contribution in [0.4, 0.5) is 0 Å². The van der Waals surface area contributed by atoms with Crippen molar-refractivity contribution < 1.29 is 9.53 Å². The molecular weight excluding hydrogens is 180 g/mol. The molecule has 2 N–H and O–H groups in total. The monoisotopic (exact) mass is 198 g/mol. The first-order valence-electron chi connectivity index (χ1n) is 5.32. The van der Waals surface area contributed by atoms with E-state index in [-0.39, 0.29) is 12.5 Å². The van der Waals surface area contributed by atoms with Gasteiger partial charge in [0.15, 0.2) is 0 Å². The van der Waals surface area contributed by atoms with Crippen LogP contribution in [0.3, 0.4) is 0 Å². The van der Waals surface area contributed by atoms with E-state index < -0.39 is 0 Å². The number of amides is 1. The van der Waals surface area contributed by atoms with Gasteiger partial charge >= 0.3 is 0 Å². The van der Waals surface area contributed by atoms with Gasteiger partial charge < -0.3 is 15.4 Å². The molecule has 2 aliphatic heterocycles. The minimum Gasteiger partial charge on any atom is -0.375 e. The van der Waals surface area contributed by atoms with E-state index in [0.717, 1.165) is 12.8 Å². The van der Waals surface area contributed by atoms with Crippen LogP contribution in [0.2, 0.25) is 0 Å². The van der Waals surface area contributed by atoms with Gasteiger partial charge in [-0.3, -0.25) is 4.79 Å². The molecule has 1 amide bonds. The van der Waals surface area contributed by atoms with Gasteiger partial charge in [0.1, 0.15) is 6.61 Å². The lowest BCUT2D eigenvalue weighted by Gasteiger charge is -2.29. The van der Waals surface area contributed by atoms with E-state index in [1.165, 1.54) is 12.8 Å². The van der Waals surface area contributed by atoms with Crippen LogP contribution in [-0.2, 0) is 9.53 Å². The molecule has 14 heavy (non-hydrogen) atoms. The van der Waals surface area contributed by atoms with Crippen molar-refractivity contribution in [1.82, 2.24) is 10.6 Å². The number of hydrogen-bond acceptors (Lipinski definition) is 3. The van der Waals surface area contributed by atoms with Crippen LogP contribution in [-0.4, -0.2) is 37.7 Å². The first-order chi connectivity index (χ1) is 6.78. The summed E-state index contributed by atoms with van der Waals surface area (Å²) in [5, 5.41) is 6.56. The highest BCUT2D eigenvalue weighted by Crippen LogP contribution is 2.26. The van der Waals surface area contributed by atoms with Crippen LogP contribution in [0, 0.1) is 0 Å². The molecule has 2 bridgehead atoms. The average molecular weight is 198 g/mol. The number of carbonyl (C=O) groups excluding carboxylic acids is 1. The zero-order valence-corrected chi connectivity index (χ0v) is 8.58. The largest absolute Gasteiger partial charge is 0.375 e. The van der Waals surface area contributed by atoms with E-state index in [1.54, 1.807) is 7.11 Å². The maximum Gasteiger partial charge on any atom is 0.246 e. The molecular formula is C10H18N2O2. The number of nitrogens with one attached hydrogen (secondary N) is 2. The molecule has 2 heterocycles. The Morgan fingerprint density at radius 2 is 2.07 bits per heavy atom. The van der Waals surface area contributed by atoms with Gasteiger partial charge in [0.25, 0.3) is 0 Å². The van der Waals surface area contributed by atoms with Crippen molar-refractivity contribution in [2.45, 2.75) is 43.8 Å². The zero-order chi connectivity index (χ0) is 9.97. The number of rotatable bonds is 3. The highest BCUT2D eigenvalue weighted by molar-refractivity contribution is 5.77. The van der Waals surface area contributed by atoms with Gasteiger partial charge in [0, 0.05) is 25.2 Å². The van der Waals surface area contributed by atoms with Crippen LogP contribution >= 0.6 is 0 Å². The molecule has 0 aliphatic carbocycles. The molecule has 2 aliphatic rings. The summed E-state index contributed by atoms with van der Waals surface area (Å²) in [6.45, 7) is 0.180. The lowest BCUT2D eigenvalue weighted by Crippen LogP contribution is -2.48. The molecule has 2 fully saturated rings. The second-order valence-corrected chi connectivity index (χ2v) is 4.31. The molecule has 0 spiro atoms. The molecule has 2 rings (SSSR count). The van der Waals surface area contributed by atoms with E-state index in [1.807, 2.05) is 0 Å². The van der Waals surface area contributed by atoms with Crippen molar-refractivity contribution in [3.8, 4) is 0 Å². The van der Waals surface area contributed by atoms with Gasteiger partial charge in [-0.15, -0.1) is 0 Å². The number of methoxy groups -OCH3 is 1. The van der Waals surface area contributed by atoms with Crippen LogP contribution in [0.15, 0.2) is 0 Å². The molecule has 0 aromatic heterocycles. The summed E-state index contributed by atoms with van der Waals surface area (Å²) >= 11 is 0. The molecule has 0 radical (unpaired) electrons. The standard InChI is InChI=1S/C10H18N2O2/c1-14-6-10(13)12-9-4-7-2-3-8(5-9)11-7/h7-9,11H,2-6H2,1H3,(H,12,13)/t7-,8+,9?. The molecule has 4 heteroatoms. The first kappa shape index (κ1) is 9.93. The van der Waals surface area contributed by atoms with E-state index >= 15 is 0 Å². The second-order valence-electron chi connectivity index (χ2n) is 4.31. The Balaban J connectivity index is 1.79. The number of carbonyl (C=O) groups is 1. The molecule has 80 valence electrons. The minimum atomic E-state index is 0.0128. The molecule has 0 aromatic carbocycles. The molecule has 1 unspecified atom stereocenters. The lowest BCUT2D eigenvalue weighted by atomic mass is 10.00. The second kappa shape index (κ2) is 4.28. The summed E-state index contributed by atoms with van der Waals surface area (Å²) in [5.41, 5.74) is 0. The minimum absolute atomic E-state index is 0.0128. The molecule has 3 atom stereocenters. The third-order valence-electron chi connectivity index (χ3n) is 3.11. The Hall–Kier alpha value is -0.610. The highest BCUT2D eigenvalue weighted by atomic mass is 16.5. The summed E-state index contributed by atoms with van der Waals surface area (Å²) in [5.74, 6) is 0.0128. The van der Waals surface area contributed by atoms with Gasteiger partial charge in [-0.1, -0.05) is 0 Å². The lowest BCUT2D eigenvalue weighted by molar-refractivity contribution is -0.125. The Kier molecular flexibility index (Phi) is 3.03. The summed E-state index contributed by atoms with van der Waals surface area (Å²) < 4.78 is 4.79. The Bertz CT molecular complexity index is 208. The van der Waals surface area contributed by atoms with Gasteiger partial charge in [-0.2, -0.15) is 0 Å². The van der Waals surface area contributed by atoms with Gasteiger partial charge in [0.05, 0.1) is 0 Å². The van der Waals surface area contributed by atoms with E-state index in [2.05, 4.69) is 10.6 Å². The highest BCUT2D eigenvalue weighted by Gasteiger charge is 2.33. The van der Waals surface area contributed by atoms with Crippen LogP contribution in [0.25, 0.3) is 0 Å². The van der Waals surface area contributed by atoms with Gasteiger partial charge in [-0.05, 0) is 25.7 Å². The van der Waals surface area contributed by atoms with Crippen molar-refractivity contribution in [2.75, 3.05) is 13.7 Å². The summed E-state index contributed by atoms with van der Waals surface area (Å²) in [4.78, 5) is 11.3. The zero-order valence-electron chi connectivity index (χ0n) is 8.58. The Labute approximate surface area is 84.4 Å². The average Bonchev–Trinajstić information content (AvgIpc) is 2.46. The quantitative estimate of drug-likeness (QED) is 0.673. The van der Waals surface area contributed by atoms with Crippen LogP contribution < -0.4 is 10.6 Å². The Morgan fingerprint density at radius 3 is 2.64 bits per heavy atom. The van der Waals surface area contributed by atoms with Crippen LogP contribution in [0.5, 0.6) is 0 Å². The van der Waals surface area contributed by atoms with Gasteiger partial charge in [-0.25, -0.2) is 0 Å². The summed E-state index contributed by atoms with van der Waals surface area (Å²) in [6.07, 6.45) is 4.68. The van der Waals surface area contributed by atoms with Crippen molar-refractivity contribution in [1.29, 1.82) is 0 Å². The van der Waals surface area contributed by atoms with Crippen molar-refractivity contribution in [3.05, 3.63) is 0 Å². The maximum atomic E-state index is 11.3. The fraction of sp³-hybridized carbons (Fsp3) is 0.900. The molecule has 4 nitrogen and oxygen atoms in total. The van der Waals surface area contributed by atoms with Crippen LogP contribution in [0.1, 0.15) is 25.7 Å². The predicted molar refractivity (Wildman–Crippen MR) is 53.0 cm³/mol. The predicted octanol–water partition coefficient (Wildman–Crippen LogP) is 0.0320. The van der Waals surface area contributed by atoms with E-state index in [4.69, 9.17) is 4.74 Å². The molecule has 0 aromatic rings. The summed E-state index contributed by atoms with van der Waals surface area (Å²) in [6, 6.07) is 1.61. The summed E-state index contributed by atoms with van der Waals surface area (Å²) in [7, 11) is 1.55. The SMILES string of the molecule is COCC(=O)NC1C[C@H]2CC[C@@H](C1)N2. The number of piperidine rings is 1. The van der Waals surface area contributed by atoms with Crippen molar-refractivity contribution in [3.63, 3.8) is 0 Å². The molecule has 2 saturated heterocycles. The molecule has 0 saturated carbocycles. The first-order valence-corrected chi connectivity index (χ1v) is 5.32. The third-order valence-corrected chi connectivity index (χ3v) is 3.11. The van der Waals surface area contributed by atoms with E-state index in [0.29, 0.717) is 18.1 Å². The number of hydrogen-bond donors (Lipinski definition) is 2. The number of ether oxygens (including phenoxy) is 1. The number of fused-ring (bicyclic) bond motifs is 2. The smallest absolute Gasteiger partial charge is 0.246 e. The van der Waals surface area contributed by atoms with Gasteiger partial charge in [0.2, 0.25) is 5.91 Å². The fourth-order valence-electron chi connectivity index (χ4n) is 2.58. The van der Waals surface area contributed by atoms with Crippen molar-refractivity contribution >= 4 is 5.91 Å².